The third-order valence-corrected chi connectivity index (χ3v) is 6.18. The van der Waals surface area contributed by atoms with Crippen LogP contribution in [-0.4, -0.2) is 32.5 Å². The van der Waals surface area contributed by atoms with Gasteiger partial charge in [-0.25, -0.2) is 8.42 Å². The summed E-state index contributed by atoms with van der Waals surface area (Å²) < 4.78 is 33.8. The fourth-order valence-corrected chi connectivity index (χ4v) is 4.49. The van der Waals surface area contributed by atoms with Gasteiger partial charge in [-0.15, -0.1) is 0 Å². The zero-order valence-electron chi connectivity index (χ0n) is 16.8. The molecule has 6 nitrogen and oxygen atoms in total. The predicted molar refractivity (Wildman–Crippen MR) is 109 cm³/mol. The van der Waals surface area contributed by atoms with Gasteiger partial charge in [-0.05, 0) is 64.4 Å². The number of rotatable bonds is 3. The summed E-state index contributed by atoms with van der Waals surface area (Å²) in [6.07, 6.45) is -0.936. The van der Waals surface area contributed by atoms with E-state index >= 15 is 0 Å². The van der Waals surface area contributed by atoms with Crippen molar-refractivity contribution in [3.05, 3.63) is 53.6 Å². The predicted octanol–water partition coefficient (Wildman–Crippen LogP) is 3.17. The van der Waals surface area contributed by atoms with Gasteiger partial charge in [0.15, 0.2) is 6.10 Å². The van der Waals surface area contributed by atoms with Crippen LogP contribution < -0.4 is 14.4 Å². The zero-order valence-corrected chi connectivity index (χ0v) is 17.6. The van der Waals surface area contributed by atoms with E-state index in [2.05, 4.69) is 5.32 Å². The first-order chi connectivity index (χ1) is 13.0. The first kappa shape index (κ1) is 20.2. The van der Waals surface area contributed by atoms with E-state index in [1.165, 1.54) is 4.31 Å². The Morgan fingerprint density at radius 3 is 2.29 bits per heavy atom. The summed E-state index contributed by atoms with van der Waals surface area (Å²) in [4.78, 5) is 12.9. The number of aryl methyl sites for hydroxylation is 2. The highest BCUT2D eigenvalue weighted by Gasteiger charge is 2.38. The van der Waals surface area contributed by atoms with Gasteiger partial charge in [0.25, 0.3) is 15.9 Å². The second kappa shape index (κ2) is 7.13. The number of fused-ring (bicyclic) bond motifs is 1. The molecule has 0 unspecified atom stereocenters. The Kier molecular flexibility index (Phi) is 5.14. The van der Waals surface area contributed by atoms with Crippen molar-refractivity contribution in [1.29, 1.82) is 0 Å². The minimum absolute atomic E-state index is 0.0891. The van der Waals surface area contributed by atoms with Crippen LogP contribution in [0.5, 0.6) is 5.75 Å². The average molecular weight is 403 g/mol. The van der Waals surface area contributed by atoms with Crippen molar-refractivity contribution >= 4 is 21.6 Å². The molecule has 1 N–H and O–H groups in total. The summed E-state index contributed by atoms with van der Waals surface area (Å²) >= 11 is 0. The van der Waals surface area contributed by atoms with Gasteiger partial charge in [0.05, 0.1) is 17.1 Å². The Hall–Kier alpha value is -2.54. The molecule has 1 atom stereocenters. The Morgan fingerprint density at radius 1 is 1.07 bits per heavy atom. The topological polar surface area (TPSA) is 75.7 Å². The van der Waals surface area contributed by atoms with E-state index in [0.717, 1.165) is 11.1 Å². The van der Waals surface area contributed by atoms with Crippen LogP contribution in [0, 0.1) is 13.8 Å². The normalized spacial score (nSPS) is 16.9. The van der Waals surface area contributed by atoms with E-state index in [1.54, 1.807) is 36.4 Å². The lowest BCUT2D eigenvalue weighted by Crippen LogP contribution is -2.54. The molecule has 2 aromatic rings. The fourth-order valence-electron chi connectivity index (χ4n) is 3.01. The molecule has 0 aromatic heterocycles. The number of sulfonamides is 1. The van der Waals surface area contributed by atoms with Crippen molar-refractivity contribution in [3.63, 3.8) is 0 Å². The number of benzene rings is 2. The van der Waals surface area contributed by atoms with Crippen molar-refractivity contribution < 1.29 is 17.9 Å². The molecule has 0 aliphatic carbocycles. The minimum Gasteiger partial charge on any atom is -0.476 e. The SMILES string of the molecule is Cc1ccc(S(=O)(=O)N2C[C@@H](C(=O)NC(C)(C)C)Oc3cc(C)ccc32)cc1. The van der Waals surface area contributed by atoms with E-state index in [1.807, 2.05) is 40.7 Å². The number of nitrogens with one attached hydrogen (secondary N) is 1. The highest BCUT2D eigenvalue weighted by Crippen LogP contribution is 2.37. The van der Waals surface area contributed by atoms with E-state index in [9.17, 15) is 13.2 Å². The fraction of sp³-hybridized carbons (Fsp3) is 0.381. The van der Waals surface area contributed by atoms with Crippen LogP contribution in [0.3, 0.4) is 0 Å². The van der Waals surface area contributed by atoms with E-state index < -0.39 is 21.7 Å². The molecule has 150 valence electrons. The maximum absolute atomic E-state index is 13.3. The van der Waals surface area contributed by atoms with Crippen molar-refractivity contribution in [3.8, 4) is 5.75 Å². The molecule has 1 heterocycles. The molecule has 7 heteroatoms. The summed E-state index contributed by atoms with van der Waals surface area (Å²) in [5.74, 6) is 0.0414. The molecule has 1 aliphatic heterocycles. The van der Waals surface area contributed by atoms with Crippen LogP contribution in [0.1, 0.15) is 31.9 Å². The lowest BCUT2D eigenvalue weighted by atomic mass is 10.1. The first-order valence-corrected chi connectivity index (χ1v) is 10.6. The molecular weight excluding hydrogens is 376 g/mol. The zero-order chi connectivity index (χ0) is 20.7. The Morgan fingerprint density at radius 2 is 1.68 bits per heavy atom. The lowest BCUT2D eigenvalue weighted by Gasteiger charge is -2.36. The first-order valence-electron chi connectivity index (χ1n) is 9.16. The lowest BCUT2D eigenvalue weighted by molar-refractivity contribution is -0.129. The van der Waals surface area contributed by atoms with Gasteiger partial charge in [-0.3, -0.25) is 9.10 Å². The molecule has 2 aromatic carbocycles. The van der Waals surface area contributed by atoms with Crippen LogP contribution >= 0.6 is 0 Å². The number of ether oxygens (including phenoxy) is 1. The largest absolute Gasteiger partial charge is 0.476 e. The second-order valence-corrected chi connectivity index (χ2v) is 10.0. The highest BCUT2D eigenvalue weighted by atomic mass is 32.2. The van der Waals surface area contributed by atoms with Gasteiger partial charge in [0.1, 0.15) is 5.75 Å². The number of anilines is 1. The molecule has 0 bridgehead atoms. The number of hydrogen-bond donors (Lipinski definition) is 1. The number of carbonyl (C=O) groups excluding carboxylic acids is 1. The van der Waals surface area contributed by atoms with Gasteiger partial charge in [0, 0.05) is 5.54 Å². The maximum Gasteiger partial charge on any atom is 0.264 e. The molecule has 0 saturated heterocycles. The maximum atomic E-state index is 13.3. The molecular formula is C21H26N2O4S. The van der Waals surface area contributed by atoms with Gasteiger partial charge >= 0.3 is 0 Å². The molecule has 1 amide bonds. The standard InChI is InChI=1S/C21H26N2O4S/c1-14-6-9-16(10-7-14)28(25,26)23-13-19(20(24)22-21(3,4)5)27-18-12-15(2)8-11-17(18)23/h6-12,19H,13H2,1-5H3,(H,22,24)/t19-/m0/s1. The van der Waals surface area contributed by atoms with Crippen LogP contribution in [0.2, 0.25) is 0 Å². The van der Waals surface area contributed by atoms with Crippen LogP contribution in [0.15, 0.2) is 47.4 Å². The highest BCUT2D eigenvalue weighted by molar-refractivity contribution is 7.92. The summed E-state index contributed by atoms with van der Waals surface area (Å²) in [5, 5.41) is 2.87. The molecule has 0 radical (unpaired) electrons. The monoisotopic (exact) mass is 402 g/mol. The average Bonchev–Trinajstić information content (AvgIpc) is 2.59. The van der Waals surface area contributed by atoms with Crippen molar-refractivity contribution in [2.24, 2.45) is 0 Å². The van der Waals surface area contributed by atoms with E-state index in [0.29, 0.717) is 11.4 Å². The van der Waals surface area contributed by atoms with E-state index in [4.69, 9.17) is 4.74 Å². The quantitative estimate of drug-likeness (QED) is 0.856. The third-order valence-electron chi connectivity index (χ3n) is 4.38. The van der Waals surface area contributed by atoms with Crippen LogP contribution in [-0.2, 0) is 14.8 Å². The number of hydrogen-bond acceptors (Lipinski definition) is 4. The Balaban J connectivity index is 2.04. The minimum atomic E-state index is -3.84. The molecule has 0 spiro atoms. The summed E-state index contributed by atoms with van der Waals surface area (Å²) in [6, 6.07) is 12.0. The summed E-state index contributed by atoms with van der Waals surface area (Å²) in [7, 11) is -3.84. The smallest absolute Gasteiger partial charge is 0.264 e. The van der Waals surface area contributed by atoms with Crippen molar-refractivity contribution in [2.75, 3.05) is 10.8 Å². The summed E-state index contributed by atoms with van der Waals surface area (Å²) in [6.45, 7) is 9.30. The van der Waals surface area contributed by atoms with Crippen molar-refractivity contribution in [2.45, 2.75) is 51.2 Å². The van der Waals surface area contributed by atoms with Gasteiger partial charge < -0.3 is 10.1 Å². The third kappa shape index (κ3) is 4.14. The Bertz CT molecular complexity index is 992. The Labute approximate surface area is 166 Å². The van der Waals surface area contributed by atoms with Gasteiger partial charge in [-0.1, -0.05) is 23.8 Å². The van der Waals surface area contributed by atoms with Crippen LogP contribution in [0.25, 0.3) is 0 Å². The second-order valence-electron chi connectivity index (χ2n) is 8.17. The van der Waals surface area contributed by atoms with Gasteiger partial charge in [0.2, 0.25) is 0 Å². The molecule has 0 fully saturated rings. The van der Waals surface area contributed by atoms with Gasteiger partial charge in [-0.2, -0.15) is 0 Å². The molecule has 0 saturated carbocycles. The van der Waals surface area contributed by atoms with Crippen LogP contribution in [0.4, 0.5) is 5.69 Å². The molecule has 28 heavy (non-hydrogen) atoms. The number of nitrogens with zero attached hydrogens (tertiary/aromatic N) is 1. The summed E-state index contributed by atoms with van der Waals surface area (Å²) in [5.41, 5.74) is 1.88. The molecule has 3 rings (SSSR count). The van der Waals surface area contributed by atoms with E-state index in [-0.39, 0.29) is 17.3 Å². The number of carbonyl (C=O) groups is 1. The molecule has 1 aliphatic rings. The van der Waals surface area contributed by atoms with Crippen molar-refractivity contribution in [1.82, 2.24) is 5.32 Å². The number of amides is 1.